The monoisotopic (exact) mass is 362 g/mol. The second kappa shape index (κ2) is 10.0. The number of carbonyl (C=O) groups is 2. The van der Waals surface area contributed by atoms with Gasteiger partial charge in [-0.15, -0.1) is 0 Å². The number of phenolic OH excluding ortho intramolecular Hbond substituents is 2. The third-order valence-corrected chi connectivity index (χ3v) is 3.43. The maximum absolute atomic E-state index is 10.4. The van der Waals surface area contributed by atoms with Crippen molar-refractivity contribution in [2.45, 2.75) is 24.9 Å². The van der Waals surface area contributed by atoms with E-state index in [1.807, 2.05) is 30.3 Å². The Morgan fingerprint density at radius 3 is 1.73 bits per heavy atom. The van der Waals surface area contributed by atoms with Crippen LogP contribution in [0.1, 0.15) is 11.1 Å². The lowest BCUT2D eigenvalue weighted by molar-refractivity contribution is -0.139. The number of phenols is 2. The minimum Gasteiger partial charge on any atom is -0.504 e. The molecule has 0 heterocycles. The number of nitrogens with two attached hydrogens (primary N) is 2. The molecule has 8 heteroatoms. The maximum Gasteiger partial charge on any atom is 0.320 e. The van der Waals surface area contributed by atoms with Gasteiger partial charge in [-0.2, -0.15) is 0 Å². The minimum absolute atomic E-state index is 0.114. The number of carboxylic acid groups (broad SMARTS) is 2. The molecule has 2 unspecified atom stereocenters. The van der Waals surface area contributed by atoms with E-state index in [0.717, 1.165) is 5.56 Å². The van der Waals surface area contributed by atoms with Crippen molar-refractivity contribution in [2.75, 3.05) is 0 Å². The predicted octanol–water partition coefficient (Wildman–Crippen LogP) is 0.693. The molecule has 26 heavy (non-hydrogen) atoms. The average Bonchev–Trinajstić information content (AvgIpc) is 2.59. The molecule has 2 aromatic rings. The molecule has 140 valence electrons. The van der Waals surface area contributed by atoms with Gasteiger partial charge >= 0.3 is 11.9 Å². The fraction of sp³-hybridized carbons (Fsp3) is 0.222. The van der Waals surface area contributed by atoms with Gasteiger partial charge in [0.25, 0.3) is 0 Å². The molecule has 0 aromatic heterocycles. The molecule has 0 aliphatic heterocycles. The van der Waals surface area contributed by atoms with Crippen molar-refractivity contribution in [3.05, 3.63) is 59.7 Å². The van der Waals surface area contributed by atoms with Crippen molar-refractivity contribution in [3.8, 4) is 11.5 Å². The van der Waals surface area contributed by atoms with Crippen molar-refractivity contribution < 1.29 is 30.0 Å². The van der Waals surface area contributed by atoms with Crippen LogP contribution in [-0.2, 0) is 22.4 Å². The lowest BCUT2D eigenvalue weighted by atomic mass is 10.1. The summed E-state index contributed by atoms with van der Waals surface area (Å²) in [5.41, 5.74) is 12.2. The Labute approximate surface area is 150 Å². The second-order valence-electron chi connectivity index (χ2n) is 5.61. The number of carboxylic acids is 2. The Kier molecular flexibility index (Phi) is 8.07. The van der Waals surface area contributed by atoms with Crippen LogP contribution in [0.5, 0.6) is 11.5 Å². The first-order chi connectivity index (χ1) is 12.2. The summed E-state index contributed by atoms with van der Waals surface area (Å²) in [6, 6.07) is 11.6. The Morgan fingerprint density at radius 1 is 0.769 bits per heavy atom. The lowest BCUT2D eigenvalue weighted by Crippen LogP contribution is -2.32. The fourth-order valence-electron chi connectivity index (χ4n) is 1.99. The zero-order valence-corrected chi connectivity index (χ0v) is 13.9. The van der Waals surface area contributed by atoms with E-state index in [2.05, 4.69) is 0 Å². The quantitative estimate of drug-likeness (QED) is 0.408. The van der Waals surface area contributed by atoms with Crippen molar-refractivity contribution in [2.24, 2.45) is 11.5 Å². The van der Waals surface area contributed by atoms with Crippen LogP contribution in [-0.4, -0.2) is 44.4 Å². The van der Waals surface area contributed by atoms with E-state index >= 15 is 0 Å². The topological polar surface area (TPSA) is 167 Å². The van der Waals surface area contributed by atoms with Gasteiger partial charge in [0, 0.05) is 0 Å². The minimum atomic E-state index is -1.10. The summed E-state index contributed by atoms with van der Waals surface area (Å²) in [5.74, 6) is -2.57. The van der Waals surface area contributed by atoms with Crippen molar-refractivity contribution in [1.29, 1.82) is 0 Å². The lowest BCUT2D eigenvalue weighted by Gasteiger charge is -2.06. The highest BCUT2D eigenvalue weighted by Crippen LogP contribution is 2.25. The molecule has 2 rings (SSSR count). The molecule has 0 radical (unpaired) electrons. The highest BCUT2D eigenvalue weighted by Gasteiger charge is 2.13. The maximum atomic E-state index is 10.4. The highest BCUT2D eigenvalue weighted by atomic mass is 16.4. The van der Waals surface area contributed by atoms with E-state index in [0.29, 0.717) is 12.0 Å². The molecule has 0 amide bonds. The molecule has 2 atom stereocenters. The van der Waals surface area contributed by atoms with Gasteiger partial charge in [-0.05, 0) is 36.1 Å². The first-order valence-electron chi connectivity index (χ1n) is 7.72. The molecule has 8 nitrogen and oxygen atoms in total. The van der Waals surface area contributed by atoms with Gasteiger partial charge < -0.3 is 31.9 Å². The number of hydrogen-bond donors (Lipinski definition) is 6. The van der Waals surface area contributed by atoms with Crippen LogP contribution in [0.4, 0.5) is 0 Å². The summed E-state index contributed by atoms with van der Waals surface area (Å²) < 4.78 is 0. The van der Waals surface area contributed by atoms with E-state index in [1.165, 1.54) is 18.2 Å². The van der Waals surface area contributed by atoms with Crippen LogP contribution < -0.4 is 11.5 Å². The zero-order valence-electron chi connectivity index (χ0n) is 13.9. The molecule has 0 fully saturated rings. The number of aromatic hydroxyl groups is 2. The van der Waals surface area contributed by atoms with Gasteiger partial charge in [0.2, 0.25) is 0 Å². The normalized spacial score (nSPS) is 12.4. The zero-order chi connectivity index (χ0) is 19.7. The van der Waals surface area contributed by atoms with Crippen LogP contribution >= 0.6 is 0 Å². The fourth-order valence-corrected chi connectivity index (χ4v) is 1.99. The first-order valence-corrected chi connectivity index (χ1v) is 7.72. The molecular weight excluding hydrogens is 340 g/mol. The van der Waals surface area contributed by atoms with Gasteiger partial charge in [0.1, 0.15) is 12.1 Å². The van der Waals surface area contributed by atoms with E-state index < -0.39 is 24.0 Å². The molecule has 0 spiro atoms. The standard InChI is InChI=1S/C9H11NO4.C9H11NO2/c10-6(9(13)14)3-5-1-2-7(11)8(12)4-5;10-8(9(11)12)6-7-4-2-1-3-5-7/h1-2,4,6,11-12H,3,10H2,(H,13,14);1-5,8H,6,10H2,(H,11,12). The van der Waals surface area contributed by atoms with E-state index in [1.54, 1.807) is 0 Å². The Morgan fingerprint density at radius 2 is 1.27 bits per heavy atom. The van der Waals surface area contributed by atoms with Crippen LogP contribution in [0.15, 0.2) is 48.5 Å². The summed E-state index contributed by atoms with van der Waals surface area (Å²) in [7, 11) is 0. The SMILES string of the molecule is NC(Cc1ccc(O)c(O)c1)C(=O)O.NC(Cc1ccccc1)C(=O)O. The molecular formula is C18H22N2O6. The van der Waals surface area contributed by atoms with E-state index in [-0.39, 0.29) is 17.9 Å². The van der Waals surface area contributed by atoms with Crippen molar-refractivity contribution in [3.63, 3.8) is 0 Å². The number of rotatable bonds is 6. The van der Waals surface area contributed by atoms with E-state index in [4.69, 9.17) is 31.9 Å². The highest BCUT2D eigenvalue weighted by molar-refractivity contribution is 5.74. The Bertz CT molecular complexity index is 736. The summed E-state index contributed by atoms with van der Waals surface area (Å²) in [5, 5.41) is 35.2. The van der Waals surface area contributed by atoms with Crippen LogP contribution in [0, 0.1) is 0 Å². The predicted molar refractivity (Wildman–Crippen MR) is 94.8 cm³/mol. The van der Waals surface area contributed by atoms with Crippen LogP contribution in [0.3, 0.4) is 0 Å². The first kappa shape index (κ1) is 20.9. The molecule has 0 aliphatic rings. The van der Waals surface area contributed by atoms with Crippen molar-refractivity contribution >= 4 is 11.9 Å². The van der Waals surface area contributed by atoms with Crippen LogP contribution in [0.25, 0.3) is 0 Å². The van der Waals surface area contributed by atoms with Gasteiger partial charge in [-0.25, -0.2) is 0 Å². The molecule has 2 aromatic carbocycles. The van der Waals surface area contributed by atoms with Gasteiger partial charge in [0.05, 0.1) is 0 Å². The molecule has 0 saturated carbocycles. The van der Waals surface area contributed by atoms with Gasteiger partial charge in [0.15, 0.2) is 11.5 Å². The Hall–Kier alpha value is -3.10. The summed E-state index contributed by atoms with van der Waals surface area (Å²) in [6.45, 7) is 0. The molecule has 0 bridgehead atoms. The summed E-state index contributed by atoms with van der Waals surface area (Å²) in [6.07, 6.45) is 0.499. The van der Waals surface area contributed by atoms with E-state index in [9.17, 15) is 9.59 Å². The molecule has 0 aliphatic carbocycles. The van der Waals surface area contributed by atoms with Crippen molar-refractivity contribution in [1.82, 2.24) is 0 Å². The van der Waals surface area contributed by atoms with Gasteiger partial charge in [-0.1, -0.05) is 36.4 Å². The number of benzene rings is 2. The average molecular weight is 362 g/mol. The molecule has 0 saturated heterocycles. The summed E-state index contributed by atoms with van der Waals surface area (Å²) in [4.78, 5) is 20.8. The number of hydrogen-bond acceptors (Lipinski definition) is 6. The van der Waals surface area contributed by atoms with Gasteiger partial charge in [-0.3, -0.25) is 9.59 Å². The second-order valence-corrected chi connectivity index (χ2v) is 5.61. The number of aliphatic carboxylic acids is 2. The smallest absolute Gasteiger partial charge is 0.320 e. The Balaban J connectivity index is 0.000000263. The van der Waals surface area contributed by atoms with Crippen LogP contribution in [0.2, 0.25) is 0 Å². The third kappa shape index (κ3) is 7.20. The third-order valence-electron chi connectivity index (χ3n) is 3.43. The molecule has 8 N–H and O–H groups in total. The summed E-state index contributed by atoms with van der Waals surface area (Å²) >= 11 is 0. The largest absolute Gasteiger partial charge is 0.504 e.